The highest BCUT2D eigenvalue weighted by atomic mass is 16.5. The van der Waals surface area contributed by atoms with Crippen LogP contribution in [0.2, 0.25) is 0 Å². The Morgan fingerprint density at radius 1 is 1.26 bits per heavy atom. The van der Waals surface area contributed by atoms with E-state index in [9.17, 15) is 4.79 Å². The highest BCUT2D eigenvalue weighted by molar-refractivity contribution is 5.81. The van der Waals surface area contributed by atoms with Gasteiger partial charge in [0.05, 0.1) is 7.11 Å². The third-order valence-electron chi connectivity index (χ3n) is 5.08. The van der Waals surface area contributed by atoms with Gasteiger partial charge in [0.25, 0.3) is 0 Å². The van der Waals surface area contributed by atoms with Crippen LogP contribution in [0.15, 0.2) is 0 Å². The number of ether oxygens (including phenoxy) is 1. The lowest BCUT2D eigenvalue weighted by Crippen LogP contribution is -2.65. The van der Waals surface area contributed by atoms with E-state index in [2.05, 4.69) is 31.0 Å². The van der Waals surface area contributed by atoms with Crippen molar-refractivity contribution in [3.8, 4) is 0 Å². The van der Waals surface area contributed by atoms with Crippen LogP contribution in [0.5, 0.6) is 0 Å². The fourth-order valence-corrected chi connectivity index (χ4v) is 4.02. The SMILES string of the molecule is COC(=O)C1(N2CCNCC2)CCC(C)(C)CC1C. The van der Waals surface area contributed by atoms with Gasteiger partial charge in [-0.1, -0.05) is 20.8 Å². The van der Waals surface area contributed by atoms with E-state index in [1.165, 1.54) is 7.11 Å². The number of esters is 1. The number of methoxy groups -OCH3 is 1. The van der Waals surface area contributed by atoms with Crippen LogP contribution in [-0.4, -0.2) is 49.7 Å². The Morgan fingerprint density at radius 2 is 1.89 bits per heavy atom. The second-order valence-electron chi connectivity index (χ2n) is 6.92. The lowest BCUT2D eigenvalue weighted by atomic mass is 9.63. The Morgan fingerprint density at radius 3 is 2.42 bits per heavy atom. The molecule has 2 atom stereocenters. The number of carbonyl (C=O) groups is 1. The smallest absolute Gasteiger partial charge is 0.326 e. The van der Waals surface area contributed by atoms with Crippen molar-refractivity contribution in [2.24, 2.45) is 11.3 Å². The monoisotopic (exact) mass is 268 g/mol. The minimum Gasteiger partial charge on any atom is -0.468 e. The van der Waals surface area contributed by atoms with E-state index in [-0.39, 0.29) is 5.97 Å². The number of rotatable bonds is 2. The van der Waals surface area contributed by atoms with Crippen LogP contribution in [0.4, 0.5) is 0 Å². The zero-order valence-corrected chi connectivity index (χ0v) is 12.8. The van der Waals surface area contributed by atoms with Crippen LogP contribution < -0.4 is 5.32 Å². The van der Waals surface area contributed by atoms with Crippen LogP contribution in [0.3, 0.4) is 0 Å². The van der Waals surface area contributed by atoms with Crippen LogP contribution in [0.1, 0.15) is 40.0 Å². The van der Waals surface area contributed by atoms with Crippen LogP contribution in [-0.2, 0) is 9.53 Å². The summed E-state index contributed by atoms with van der Waals surface area (Å²) in [6.07, 6.45) is 3.11. The fraction of sp³-hybridized carbons (Fsp3) is 0.933. The van der Waals surface area contributed by atoms with Gasteiger partial charge in [0, 0.05) is 26.2 Å². The predicted molar refractivity (Wildman–Crippen MR) is 76.0 cm³/mol. The molecule has 4 heteroatoms. The molecule has 1 aliphatic heterocycles. The van der Waals surface area contributed by atoms with E-state index in [4.69, 9.17) is 4.74 Å². The lowest BCUT2D eigenvalue weighted by Gasteiger charge is -2.52. The third-order valence-corrected chi connectivity index (χ3v) is 5.08. The van der Waals surface area contributed by atoms with E-state index in [1.54, 1.807) is 0 Å². The Bertz CT molecular complexity index is 337. The molecule has 1 aliphatic carbocycles. The average Bonchev–Trinajstić information content (AvgIpc) is 2.38. The molecule has 0 amide bonds. The molecular weight excluding hydrogens is 240 g/mol. The molecular formula is C15H28N2O2. The molecule has 0 aromatic heterocycles. The van der Waals surface area contributed by atoms with Crippen molar-refractivity contribution in [3.05, 3.63) is 0 Å². The molecule has 2 aliphatic rings. The van der Waals surface area contributed by atoms with Crippen molar-refractivity contribution in [2.75, 3.05) is 33.3 Å². The van der Waals surface area contributed by atoms with E-state index in [1.807, 2.05) is 0 Å². The van der Waals surface area contributed by atoms with Crippen molar-refractivity contribution in [3.63, 3.8) is 0 Å². The number of hydrogen-bond acceptors (Lipinski definition) is 4. The van der Waals surface area contributed by atoms with Crippen molar-refractivity contribution in [1.29, 1.82) is 0 Å². The summed E-state index contributed by atoms with van der Waals surface area (Å²) in [6.45, 7) is 10.7. The summed E-state index contributed by atoms with van der Waals surface area (Å²) in [5, 5.41) is 3.37. The molecule has 2 fully saturated rings. The van der Waals surface area contributed by atoms with E-state index < -0.39 is 5.54 Å². The molecule has 1 N–H and O–H groups in total. The van der Waals surface area contributed by atoms with Crippen LogP contribution >= 0.6 is 0 Å². The molecule has 0 aromatic rings. The number of piperazine rings is 1. The first kappa shape index (κ1) is 14.8. The predicted octanol–water partition coefficient (Wildman–Crippen LogP) is 1.65. The van der Waals surface area contributed by atoms with Crippen molar-refractivity contribution in [2.45, 2.75) is 45.6 Å². The first-order chi connectivity index (χ1) is 8.92. The molecule has 110 valence electrons. The normalized spacial score (nSPS) is 35.9. The summed E-state index contributed by atoms with van der Waals surface area (Å²) in [6, 6.07) is 0. The maximum atomic E-state index is 12.5. The largest absolute Gasteiger partial charge is 0.468 e. The minimum absolute atomic E-state index is 0.0302. The second kappa shape index (κ2) is 5.41. The summed E-state index contributed by atoms with van der Waals surface area (Å²) in [7, 11) is 1.53. The maximum absolute atomic E-state index is 12.5. The number of nitrogens with one attached hydrogen (secondary N) is 1. The Labute approximate surface area is 116 Å². The van der Waals surface area contributed by atoms with Crippen molar-refractivity contribution in [1.82, 2.24) is 10.2 Å². The molecule has 0 aromatic carbocycles. The van der Waals surface area contributed by atoms with Gasteiger partial charge in [0.2, 0.25) is 0 Å². The van der Waals surface area contributed by atoms with Gasteiger partial charge >= 0.3 is 5.97 Å². The van der Waals surface area contributed by atoms with Crippen LogP contribution in [0, 0.1) is 11.3 Å². The number of nitrogens with zero attached hydrogens (tertiary/aromatic N) is 1. The maximum Gasteiger partial charge on any atom is 0.326 e. The van der Waals surface area contributed by atoms with Gasteiger partial charge in [-0.2, -0.15) is 0 Å². The van der Waals surface area contributed by atoms with Crippen molar-refractivity contribution >= 4 is 5.97 Å². The molecule has 1 heterocycles. The average molecular weight is 268 g/mol. The molecule has 4 nitrogen and oxygen atoms in total. The van der Waals surface area contributed by atoms with E-state index >= 15 is 0 Å². The first-order valence-electron chi connectivity index (χ1n) is 7.46. The third kappa shape index (κ3) is 2.65. The molecule has 2 unspecified atom stereocenters. The Hall–Kier alpha value is -0.610. The highest BCUT2D eigenvalue weighted by Gasteiger charge is 2.53. The summed E-state index contributed by atoms with van der Waals surface area (Å²) in [4.78, 5) is 14.9. The van der Waals surface area contributed by atoms with Gasteiger partial charge in [-0.25, -0.2) is 0 Å². The molecule has 1 saturated carbocycles. The standard InChI is InChI=1S/C15H28N2O2/c1-12-11-14(2,3)5-6-15(12,13(18)19-4)17-9-7-16-8-10-17/h12,16H,5-11H2,1-4H3. The summed E-state index contributed by atoms with van der Waals surface area (Å²) < 4.78 is 5.18. The summed E-state index contributed by atoms with van der Waals surface area (Å²) in [5.74, 6) is 0.319. The van der Waals surface area contributed by atoms with E-state index in [0.717, 1.165) is 45.4 Å². The highest BCUT2D eigenvalue weighted by Crippen LogP contribution is 2.47. The minimum atomic E-state index is -0.396. The molecule has 19 heavy (non-hydrogen) atoms. The van der Waals surface area contributed by atoms with Gasteiger partial charge in [-0.3, -0.25) is 9.69 Å². The molecule has 2 rings (SSSR count). The zero-order valence-electron chi connectivity index (χ0n) is 12.8. The fourth-order valence-electron chi connectivity index (χ4n) is 4.02. The molecule has 1 saturated heterocycles. The molecule has 0 spiro atoms. The van der Waals surface area contributed by atoms with Gasteiger partial charge in [-0.05, 0) is 30.6 Å². The Balaban J connectivity index is 2.27. The molecule has 0 radical (unpaired) electrons. The topological polar surface area (TPSA) is 41.6 Å². The second-order valence-corrected chi connectivity index (χ2v) is 6.92. The van der Waals surface area contributed by atoms with Gasteiger partial charge < -0.3 is 10.1 Å². The van der Waals surface area contributed by atoms with Gasteiger partial charge in [-0.15, -0.1) is 0 Å². The summed E-state index contributed by atoms with van der Waals surface area (Å²) in [5.41, 5.74) is -0.0582. The quantitative estimate of drug-likeness (QED) is 0.773. The number of hydrogen-bond donors (Lipinski definition) is 1. The first-order valence-corrected chi connectivity index (χ1v) is 7.46. The Kier molecular flexibility index (Phi) is 4.21. The summed E-state index contributed by atoms with van der Waals surface area (Å²) >= 11 is 0. The van der Waals surface area contributed by atoms with Crippen LogP contribution in [0.25, 0.3) is 0 Å². The van der Waals surface area contributed by atoms with Gasteiger partial charge in [0.15, 0.2) is 0 Å². The van der Waals surface area contributed by atoms with Crippen molar-refractivity contribution < 1.29 is 9.53 Å². The van der Waals surface area contributed by atoms with E-state index in [0.29, 0.717) is 11.3 Å². The zero-order chi connectivity index (χ0) is 14.1. The molecule has 0 bridgehead atoms. The van der Waals surface area contributed by atoms with Gasteiger partial charge in [0.1, 0.15) is 5.54 Å². The lowest BCUT2D eigenvalue weighted by molar-refractivity contribution is -0.166. The number of carbonyl (C=O) groups excluding carboxylic acids is 1.